The van der Waals surface area contributed by atoms with E-state index in [1.165, 1.54) is 38.2 Å². The standard InChI is InChI=1S/C16H15ClF2N2O.C8H15NO/c1-10-14(6-7-16(2,3)22)20-15(17)21(10)9-11-4-5-12(18)13(19)8-11;10-7-9-6-8-4-2-1-3-5-8/h4-5,8,22H,9H2,1-3H3;7-8H,1-6H2,(H,9,10). The number of hydrogen-bond acceptors (Lipinski definition) is 3. The van der Waals surface area contributed by atoms with Crippen LogP contribution in [0.1, 0.15) is 62.9 Å². The molecule has 0 unspecified atom stereocenters. The fourth-order valence-corrected chi connectivity index (χ4v) is 3.71. The molecule has 1 heterocycles. The van der Waals surface area contributed by atoms with Crippen LogP contribution < -0.4 is 5.32 Å². The van der Waals surface area contributed by atoms with Crippen molar-refractivity contribution in [1.82, 2.24) is 14.9 Å². The SMILES string of the molecule is Cc1c(C#CC(C)(C)O)nc(Cl)n1Cc1ccc(F)c(F)c1.O=CNCC1CCCCC1. The van der Waals surface area contributed by atoms with E-state index >= 15 is 0 Å². The van der Waals surface area contributed by atoms with Gasteiger partial charge in [-0.05, 0) is 74.7 Å². The van der Waals surface area contributed by atoms with Gasteiger partial charge in [-0.2, -0.15) is 0 Å². The zero-order valence-corrected chi connectivity index (χ0v) is 19.5. The normalized spacial score (nSPS) is 14.1. The molecule has 174 valence electrons. The van der Waals surface area contributed by atoms with Crippen molar-refractivity contribution in [3.8, 4) is 11.8 Å². The molecule has 8 heteroatoms. The fourth-order valence-electron chi connectivity index (χ4n) is 3.44. The number of rotatable bonds is 5. The van der Waals surface area contributed by atoms with Crippen LogP contribution >= 0.6 is 11.6 Å². The highest BCUT2D eigenvalue weighted by molar-refractivity contribution is 6.28. The van der Waals surface area contributed by atoms with E-state index in [1.54, 1.807) is 25.3 Å². The molecule has 0 aliphatic heterocycles. The van der Waals surface area contributed by atoms with Gasteiger partial charge in [-0.3, -0.25) is 4.79 Å². The maximum absolute atomic E-state index is 13.3. The lowest BCUT2D eigenvalue weighted by atomic mass is 9.89. The summed E-state index contributed by atoms with van der Waals surface area (Å²) in [4.78, 5) is 14.1. The molecule has 5 nitrogen and oxygen atoms in total. The summed E-state index contributed by atoms with van der Waals surface area (Å²) in [5, 5.41) is 12.6. The van der Waals surface area contributed by atoms with Crippen molar-refractivity contribution in [3.05, 3.63) is 52.1 Å². The average molecular weight is 466 g/mol. The van der Waals surface area contributed by atoms with Crippen molar-refractivity contribution in [2.24, 2.45) is 5.92 Å². The van der Waals surface area contributed by atoms with Crippen molar-refractivity contribution in [2.75, 3.05) is 6.54 Å². The third kappa shape index (κ3) is 8.25. The smallest absolute Gasteiger partial charge is 0.207 e. The monoisotopic (exact) mass is 465 g/mol. The number of aromatic nitrogens is 2. The molecule has 1 aliphatic carbocycles. The second-order valence-corrected chi connectivity index (χ2v) is 8.83. The van der Waals surface area contributed by atoms with Gasteiger partial charge in [0.2, 0.25) is 11.7 Å². The van der Waals surface area contributed by atoms with Crippen LogP contribution in [-0.2, 0) is 11.3 Å². The highest BCUT2D eigenvalue weighted by atomic mass is 35.5. The van der Waals surface area contributed by atoms with Crippen LogP contribution in [0.3, 0.4) is 0 Å². The molecule has 1 fully saturated rings. The summed E-state index contributed by atoms with van der Waals surface area (Å²) in [6.45, 7) is 6.04. The number of carbonyl (C=O) groups is 1. The Kier molecular flexibility index (Phi) is 9.67. The van der Waals surface area contributed by atoms with Gasteiger partial charge in [-0.15, -0.1) is 0 Å². The van der Waals surface area contributed by atoms with E-state index in [-0.39, 0.29) is 11.8 Å². The van der Waals surface area contributed by atoms with Gasteiger partial charge in [0.25, 0.3) is 0 Å². The number of halogens is 3. The van der Waals surface area contributed by atoms with Gasteiger partial charge in [0, 0.05) is 6.54 Å². The minimum absolute atomic E-state index is 0.197. The van der Waals surface area contributed by atoms with Gasteiger partial charge >= 0.3 is 0 Å². The minimum atomic E-state index is -1.14. The first-order chi connectivity index (χ1) is 15.1. The summed E-state index contributed by atoms with van der Waals surface area (Å²) in [6, 6.07) is 3.67. The Bertz CT molecular complexity index is 968. The van der Waals surface area contributed by atoms with E-state index in [0.717, 1.165) is 31.0 Å². The first-order valence-electron chi connectivity index (χ1n) is 10.7. The van der Waals surface area contributed by atoms with Gasteiger partial charge in [0.15, 0.2) is 11.6 Å². The molecule has 0 bridgehead atoms. The first kappa shape index (κ1) is 25.8. The number of carbonyl (C=O) groups excluding carboxylic acids is 1. The second-order valence-electron chi connectivity index (χ2n) is 8.49. The summed E-state index contributed by atoms with van der Waals surface area (Å²) in [7, 11) is 0. The van der Waals surface area contributed by atoms with E-state index in [2.05, 4.69) is 22.1 Å². The van der Waals surface area contributed by atoms with Crippen molar-refractivity contribution in [2.45, 2.75) is 65.0 Å². The Morgan fingerprint density at radius 3 is 2.56 bits per heavy atom. The Balaban J connectivity index is 0.000000303. The molecule has 1 aliphatic rings. The fraction of sp³-hybridized carbons (Fsp3) is 0.500. The molecule has 1 amide bonds. The Morgan fingerprint density at radius 1 is 1.28 bits per heavy atom. The molecule has 0 radical (unpaired) electrons. The summed E-state index contributed by atoms with van der Waals surface area (Å²) in [5.74, 6) is 4.39. The summed E-state index contributed by atoms with van der Waals surface area (Å²) in [5.41, 5.74) is 0.549. The maximum atomic E-state index is 13.3. The molecule has 1 saturated carbocycles. The zero-order valence-electron chi connectivity index (χ0n) is 18.7. The quantitative estimate of drug-likeness (QED) is 0.500. The van der Waals surface area contributed by atoms with Crippen molar-refractivity contribution >= 4 is 18.0 Å². The van der Waals surface area contributed by atoms with E-state index < -0.39 is 17.2 Å². The van der Waals surface area contributed by atoms with E-state index in [0.29, 0.717) is 17.0 Å². The topological polar surface area (TPSA) is 67.2 Å². The highest BCUT2D eigenvalue weighted by Crippen LogP contribution is 2.22. The molecule has 2 N–H and O–H groups in total. The molecule has 3 rings (SSSR count). The Labute approximate surface area is 193 Å². The lowest BCUT2D eigenvalue weighted by Gasteiger charge is -2.20. The predicted molar refractivity (Wildman–Crippen MR) is 121 cm³/mol. The van der Waals surface area contributed by atoms with Gasteiger partial charge in [-0.25, -0.2) is 13.8 Å². The van der Waals surface area contributed by atoms with Gasteiger partial charge in [0.05, 0.1) is 12.2 Å². The van der Waals surface area contributed by atoms with E-state index in [9.17, 15) is 18.7 Å². The first-order valence-corrected chi connectivity index (χ1v) is 11.1. The lowest BCUT2D eigenvalue weighted by molar-refractivity contribution is -0.109. The van der Waals surface area contributed by atoms with Gasteiger partial charge < -0.3 is 15.0 Å². The second kappa shape index (κ2) is 12.0. The van der Waals surface area contributed by atoms with E-state index in [1.807, 2.05) is 0 Å². The number of hydrogen-bond donors (Lipinski definition) is 2. The van der Waals surface area contributed by atoms with E-state index in [4.69, 9.17) is 11.6 Å². The average Bonchev–Trinajstić information content (AvgIpc) is 3.01. The number of imidazole rings is 1. The zero-order chi connectivity index (χ0) is 23.7. The molecular formula is C24H30ClF2N3O2. The summed E-state index contributed by atoms with van der Waals surface area (Å²) in [6.07, 6.45) is 7.50. The van der Waals surface area contributed by atoms with Gasteiger partial charge in [-0.1, -0.05) is 31.2 Å². The number of amides is 1. The molecule has 0 saturated heterocycles. The van der Waals surface area contributed by atoms with Crippen molar-refractivity contribution in [3.63, 3.8) is 0 Å². The molecule has 0 spiro atoms. The number of nitrogens with zero attached hydrogens (tertiary/aromatic N) is 2. The number of aliphatic hydroxyl groups is 1. The Hall–Kier alpha value is -2.43. The predicted octanol–water partition coefficient (Wildman–Crippen LogP) is 4.61. The molecule has 1 aromatic carbocycles. The maximum Gasteiger partial charge on any atom is 0.207 e. The molecule has 1 aromatic heterocycles. The lowest BCUT2D eigenvalue weighted by Crippen LogP contribution is -2.22. The molecule has 2 aromatic rings. The van der Waals surface area contributed by atoms with Crippen molar-refractivity contribution < 1.29 is 18.7 Å². The van der Waals surface area contributed by atoms with Crippen LogP contribution in [0.5, 0.6) is 0 Å². The number of nitrogens with one attached hydrogen (secondary N) is 1. The number of benzene rings is 1. The third-order valence-electron chi connectivity index (χ3n) is 5.20. The van der Waals surface area contributed by atoms with Crippen LogP contribution in [0.4, 0.5) is 8.78 Å². The molecule has 32 heavy (non-hydrogen) atoms. The van der Waals surface area contributed by atoms with Crippen LogP contribution in [-0.4, -0.2) is 33.2 Å². The van der Waals surface area contributed by atoms with Crippen LogP contribution in [0.15, 0.2) is 18.2 Å². The van der Waals surface area contributed by atoms with Crippen molar-refractivity contribution in [1.29, 1.82) is 0 Å². The van der Waals surface area contributed by atoms with Gasteiger partial charge in [0.1, 0.15) is 11.3 Å². The minimum Gasteiger partial charge on any atom is -0.378 e. The van der Waals surface area contributed by atoms with Crippen LogP contribution in [0.25, 0.3) is 0 Å². The summed E-state index contributed by atoms with van der Waals surface area (Å²) >= 11 is 6.07. The third-order valence-corrected chi connectivity index (χ3v) is 5.49. The largest absolute Gasteiger partial charge is 0.378 e. The van der Waals surface area contributed by atoms with Crippen LogP contribution in [0.2, 0.25) is 5.28 Å². The molecular weight excluding hydrogens is 436 g/mol. The Morgan fingerprint density at radius 2 is 1.97 bits per heavy atom. The van der Waals surface area contributed by atoms with Crippen LogP contribution in [0, 0.1) is 36.3 Å². The summed E-state index contributed by atoms with van der Waals surface area (Å²) < 4.78 is 27.8. The highest BCUT2D eigenvalue weighted by Gasteiger charge is 2.14. The molecule has 0 atom stereocenters.